The highest BCUT2D eigenvalue weighted by molar-refractivity contribution is 5.85. The predicted molar refractivity (Wildman–Crippen MR) is 196 cm³/mol. The van der Waals surface area contributed by atoms with Gasteiger partial charge in [0, 0.05) is 12.3 Å². The van der Waals surface area contributed by atoms with E-state index in [9.17, 15) is 27.9 Å². The first kappa shape index (κ1) is 47.7. The van der Waals surface area contributed by atoms with Gasteiger partial charge in [-0.2, -0.15) is 13.2 Å². The van der Waals surface area contributed by atoms with Crippen molar-refractivity contribution in [1.82, 2.24) is 35.4 Å². The first-order valence-electron chi connectivity index (χ1n) is 17.4. The molecule has 3 heterocycles. The summed E-state index contributed by atoms with van der Waals surface area (Å²) in [6.07, 6.45) is -3.92. The number of hydrogen-bond acceptors (Lipinski definition) is 13. The van der Waals surface area contributed by atoms with Crippen LogP contribution in [0.3, 0.4) is 0 Å². The van der Waals surface area contributed by atoms with E-state index in [1.54, 1.807) is 52.1 Å². The second-order valence-corrected chi connectivity index (χ2v) is 14.5. The summed E-state index contributed by atoms with van der Waals surface area (Å²) in [4.78, 5) is 42.6. The lowest BCUT2D eigenvalue weighted by atomic mass is 10.1. The summed E-state index contributed by atoms with van der Waals surface area (Å²) in [5.41, 5.74) is 4.58. The minimum Gasteiger partial charge on any atom is -0.475 e. The largest absolute Gasteiger partial charge is 0.490 e. The molecule has 1 fully saturated rings. The summed E-state index contributed by atoms with van der Waals surface area (Å²) in [7, 11) is 0. The van der Waals surface area contributed by atoms with Crippen LogP contribution in [-0.2, 0) is 30.4 Å². The predicted octanol–water partition coefficient (Wildman–Crippen LogP) is 3.70. The lowest BCUT2D eigenvalue weighted by molar-refractivity contribution is -0.192. The number of nitrogens with one attached hydrogen (secondary N) is 1. The summed E-state index contributed by atoms with van der Waals surface area (Å²) in [6.45, 7) is 20.4. The van der Waals surface area contributed by atoms with Gasteiger partial charge < -0.3 is 45.1 Å². The van der Waals surface area contributed by atoms with Gasteiger partial charge in [0.05, 0.1) is 38.0 Å². The van der Waals surface area contributed by atoms with E-state index >= 15 is 0 Å². The number of carboxylic acid groups (broad SMARTS) is 1. The highest BCUT2D eigenvalue weighted by Crippen LogP contribution is 2.29. The molecular weight excluding hydrogens is 759 g/mol. The molecule has 2 aromatic heterocycles. The van der Waals surface area contributed by atoms with Crippen LogP contribution < -0.4 is 15.8 Å². The van der Waals surface area contributed by atoms with Crippen molar-refractivity contribution in [2.75, 3.05) is 33.0 Å². The fourth-order valence-electron chi connectivity index (χ4n) is 4.70. The van der Waals surface area contributed by atoms with Gasteiger partial charge in [0.2, 0.25) is 18.3 Å². The fraction of sp³-hybridized carbons (Fsp3) is 0.556. The number of carbonyl (C=O) groups excluding carboxylic acids is 2. The van der Waals surface area contributed by atoms with Crippen LogP contribution in [0, 0.1) is 6.57 Å². The second-order valence-electron chi connectivity index (χ2n) is 14.5. The Morgan fingerprint density at radius 3 is 2.25 bits per heavy atom. The molecule has 3 aromatic rings. The van der Waals surface area contributed by atoms with Gasteiger partial charge in [0.25, 0.3) is 0 Å². The number of benzene rings is 1. The first-order valence-corrected chi connectivity index (χ1v) is 17.4. The van der Waals surface area contributed by atoms with Crippen molar-refractivity contribution in [1.29, 1.82) is 0 Å². The van der Waals surface area contributed by atoms with Crippen molar-refractivity contribution < 1.29 is 56.7 Å². The number of ether oxygens (including phenoxy) is 4. The number of pyridine rings is 1. The normalized spacial score (nSPS) is 16.1. The van der Waals surface area contributed by atoms with Crippen molar-refractivity contribution in [3.63, 3.8) is 0 Å². The standard InChI is InChI=1S/C23H28N8O3.C11H21NO4.C2HF3O2/c1-23(2,24)22(32)27-19(16-33-14-17-9-5-4-6-10-17)21-28-29-30-31(21)18(13-25-3)15-34-20-11-7-8-12-26-20;1-10(2,3)16-9(14)12-8(6-13)7-15-11(12,4)5;3-2(4,5)1(6)7/h4-12,18-19H,13-16,24H2,1-2H3,(H,27,32);8,13H,6-7H2,1-5H3;(H,6,7)/t18-,19-;8-;/m10./s1. The number of rotatable bonds is 13. The number of nitrogens with zero attached hydrogens (tertiary/aromatic N) is 7. The van der Waals surface area contributed by atoms with Gasteiger partial charge >= 0.3 is 18.2 Å². The lowest BCUT2D eigenvalue weighted by Gasteiger charge is -2.34. The quantitative estimate of drug-likeness (QED) is 0.181. The van der Waals surface area contributed by atoms with Gasteiger partial charge in [-0.3, -0.25) is 9.69 Å². The zero-order valence-electron chi connectivity index (χ0n) is 32.8. The highest BCUT2D eigenvalue weighted by Gasteiger charge is 2.45. The smallest absolute Gasteiger partial charge is 0.475 e. The highest BCUT2D eigenvalue weighted by atomic mass is 19.4. The van der Waals surface area contributed by atoms with Crippen LogP contribution in [0.25, 0.3) is 4.85 Å². The Morgan fingerprint density at radius 2 is 1.72 bits per heavy atom. The number of amides is 2. The van der Waals surface area contributed by atoms with E-state index in [0.29, 0.717) is 24.9 Å². The van der Waals surface area contributed by atoms with E-state index in [-0.39, 0.29) is 38.3 Å². The number of carbonyl (C=O) groups is 3. The van der Waals surface area contributed by atoms with E-state index in [4.69, 9.17) is 41.2 Å². The minimum atomic E-state index is -5.08. The third-order valence-electron chi connectivity index (χ3n) is 7.44. The van der Waals surface area contributed by atoms with Crippen LogP contribution in [0.1, 0.15) is 71.9 Å². The second kappa shape index (κ2) is 21.2. The van der Waals surface area contributed by atoms with Gasteiger partial charge in [0.15, 0.2) is 11.9 Å². The first-order chi connectivity index (χ1) is 26.5. The monoisotopic (exact) mass is 809 g/mol. The SMILES string of the molecule is CC(C)(C)OC(=O)N1[C@@H](CO)COC1(C)C.O=C(O)C(F)(F)F.[C-]#[N+]C[C@H](COc1ccccn1)n1nnnc1[C@@H](COCc1ccccc1)NC(=O)C(C)(C)N. The number of aromatic nitrogens is 5. The van der Waals surface area contributed by atoms with E-state index < -0.39 is 47.2 Å². The topological polar surface area (TPSA) is 231 Å². The van der Waals surface area contributed by atoms with Gasteiger partial charge in [-0.25, -0.2) is 25.8 Å². The van der Waals surface area contributed by atoms with E-state index in [1.165, 1.54) is 9.58 Å². The Bertz CT molecular complexity index is 1740. The van der Waals surface area contributed by atoms with Crippen LogP contribution >= 0.6 is 0 Å². The van der Waals surface area contributed by atoms with Crippen molar-refractivity contribution >= 4 is 18.0 Å². The summed E-state index contributed by atoms with van der Waals surface area (Å²) >= 11 is 0. The molecule has 1 aromatic carbocycles. The molecule has 57 heavy (non-hydrogen) atoms. The third kappa shape index (κ3) is 16.3. The number of aliphatic hydroxyl groups is 1. The Balaban J connectivity index is 0.000000401. The maximum atomic E-state index is 12.7. The molecule has 1 saturated heterocycles. The molecular formula is C36H50F3N9O9. The van der Waals surface area contributed by atoms with Gasteiger partial charge in [-0.05, 0) is 70.5 Å². The maximum Gasteiger partial charge on any atom is 0.490 e. The number of alkyl halides is 3. The molecule has 2 amide bonds. The van der Waals surface area contributed by atoms with Crippen molar-refractivity contribution in [3.8, 4) is 5.88 Å². The van der Waals surface area contributed by atoms with Crippen LogP contribution in [0.5, 0.6) is 5.88 Å². The molecule has 21 heteroatoms. The number of aliphatic hydroxyl groups excluding tert-OH is 1. The summed E-state index contributed by atoms with van der Waals surface area (Å²) < 4.78 is 55.6. The lowest BCUT2D eigenvalue weighted by Crippen LogP contribution is -2.51. The molecule has 0 unspecified atom stereocenters. The molecule has 1 aliphatic rings. The molecule has 1 aliphatic heterocycles. The Hall–Kier alpha value is -5.43. The zero-order valence-corrected chi connectivity index (χ0v) is 32.8. The zero-order chi connectivity index (χ0) is 43.0. The van der Waals surface area contributed by atoms with Crippen molar-refractivity contribution in [2.24, 2.45) is 5.73 Å². The number of hydrogen-bond donors (Lipinski definition) is 4. The molecule has 0 spiro atoms. The Morgan fingerprint density at radius 1 is 1.09 bits per heavy atom. The summed E-state index contributed by atoms with van der Waals surface area (Å²) in [5, 5.41) is 31.2. The van der Waals surface area contributed by atoms with Gasteiger partial charge in [0.1, 0.15) is 24.0 Å². The number of aliphatic carboxylic acids is 1. The van der Waals surface area contributed by atoms with E-state index in [0.717, 1.165) is 5.56 Å². The maximum absolute atomic E-state index is 12.7. The molecule has 0 saturated carbocycles. The van der Waals surface area contributed by atoms with Crippen LogP contribution in [0.15, 0.2) is 54.7 Å². The molecule has 0 bridgehead atoms. The number of carboxylic acids is 1. The average Bonchev–Trinajstić information content (AvgIpc) is 3.73. The van der Waals surface area contributed by atoms with E-state index in [1.807, 2.05) is 51.1 Å². The van der Waals surface area contributed by atoms with Gasteiger partial charge in [-0.15, -0.1) is 5.10 Å². The molecule has 0 radical (unpaired) electrons. The Kier molecular flexibility index (Phi) is 17.7. The molecule has 3 atom stereocenters. The van der Waals surface area contributed by atoms with Crippen LogP contribution in [-0.4, -0.2) is 120 Å². The molecule has 5 N–H and O–H groups in total. The van der Waals surface area contributed by atoms with Crippen LogP contribution in [0.2, 0.25) is 0 Å². The summed E-state index contributed by atoms with van der Waals surface area (Å²) in [5.74, 6) is -2.38. The average molecular weight is 810 g/mol. The molecule has 18 nitrogen and oxygen atoms in total. The Labute approximate surface area is 328 Å². The summed E-state index contributed by atoms with van der Waals surface area (Å²) in [6, 6.07) is 13.4. The fourth-order valence-corrected chi connectivity index (χ4v) is 4.70. The van der Waals surface area contributed by atoms with E-state index in [2.05, 4.69) is 30.7 Å². The van der Waals surface area contributed by atoms with Crippen LogP contribution in [0.4, 0.5) is 18.0 Å². The number of tetrazole rings is 1. The molecule has 314 valence electrons. The van der Waals surface area contributed by atoms with Crippen molar-refractivity contribution in [2.45, 2.75) is 96.2 Å². The number of halogens is 3. The molecule has 4 rings (SSSR count). The number of nitrogens with two attached hydrogens (primary N) is 1. The van der Waals surface area contributed by atoms with Gasteiger partial charge in [-0.1, -0.05) is 36.4 Å². The van der Waals surface area contributed by atoms with Crippen molar-refractivity contribution in [3.05, 3.63) is 77.5 Å². The minimum absolute atomic E-state index is 0.0682. The molecule has 0 aliphatic carbocycles. The third-order valence-corrected chi connectivity index (χ3v) is 7.44.